The van der Waals surface area contributed by atoms with Gasteiger partial charge in [0, 0.05) is 12.2 Å². The summed E-state index contributed by atoms with van der Waals surface area (Å²) in [6, 6.07) is 15.2. The second kappa shape index (κ2) is 10.9. The highest BCUT2D eigenvalue weighted by atomic mass is 32.1. The summed E-state index contributed by atoms with van der Waals surface area (Å²) in [4.78, 5) is 37.5. The molecule has 0 aliphatic carbocycles. The molecule has 39 heavy (non-hydrogen) atoms. The Labute approximate surface area is 233 Å². The lowest BCUT2D eigenvalue weighted by Crippen LogP contribution is -2.34. The van der Waals surface area contributed by atoms with Crippen molar-refractivity contribution in [2.45, 2.75) is 53.0 Å². The Morgan fingerprint density at radius 1 is 1.10 bits per heavy atom. The summed E-state index contributed by atoms with van der Waals surface area (Å²) >= 11 is 1.30. The van der Waals surface area contributed by atoms with Crippen LogP contribution in [-0.4, -0.2) is 62.2 Å². The number of amides is 1. The first kappa shape index (κ1) is 27.1. The Kier molecular flexibility index (Phi) is 7.60. The molecule has 2 aromatic carbocycles. The predicted molar refractivity (Wildman–Crippen MR) is 157 cm³/mol. The molecule has 0 bridgehead atoms. The maximum absolute atomic E-state index is 14.2. The number of hydrogen-bond acceptors (Lipinski definition) is 6. The molecule has 204 valence electrons. The van der Waals surface area contributed by atoms with E-state index in [9.17, 15) is 14.7 Å². The third-order valence-corrected chi connectivity index (χ3v) is 8.97. The number of rotatable bonds is 10. The number of benzene rings is 2. The van der Waals surface area contributed by atoms with E-state index in [4.69, 9.17) is 4.98 Å². The summed E-state index contributed by atoms with van der Waals surface area (Å²) in [5.74, 6) is -0.891. The number of hydrogen-bond donors (Lipinski definition) is 1. The van der Waals surface area contributed by atoms with Crippen LogP contribution in [0.15, 0.2) is 59.9 Å². The Morgan fingerprint density at radius 2 is 1.79 bits per heavy atom. The molecular weight excluding hydrogens is 508 g/mol. The van der Waals surface area contributed by atoms with Crippen molar-refractivity contribution in [3.05, 3.63) is 81.6 Å². The minimum absolute atomic E-state index is 0.150. The van der Waals surface area contributed by atoms with Crippen molar-refractivity contribution in [1.82, 2.24) is 19.2 Å². The number of carbonyl (C=O) groups excluding carboxylic acids is 2. The molecule has 0 saturated carbocycles. The summed E-state index contributed by atoms with van der Waals surface area (Å²) in [6.45, 7) is 13.6. The Morgan fingerprint density at radius 3 is 2.46 bits per heavy atom. The fraction of sp³-hybridized carbons (Fsp3) is 0.387. The van der Waals surface area contributed by atoms with Gasteiger partial charge in [0.2, 0.25) is 5.78 Å². The summed E-state index contributed by atoms with van der Waals surface area (Å²) in [5.41, 5.74) is 4.71. The average molecular weight is 545 g/mol. The van der Waals surface area contributed by atoms with Gasteiger partial charge in [-0.3, -0.25) is 14.0 Å². The molecule has 0 fully saturated rings. The third kappa shape index (κ3) is 4.76. The number of imidazole rings is 1. The SMILES string of the molecule is CCN(CC)CCCN1C(=O)C(O)=C(C(=O)c2sc3nc4ccccc4n3c2C)C1c1ccc(C(C)C)cc1. The first-order valence-electron chi connectivity index (χ1n) is 13.7. The number of carbonyl (C=O) groups is 2. The number of thiazole rings is 1. The number of aliphatic hydroxyl groups is 1. The molecule has 0 spiro atoms. The molecule has 7 nitrogen and oxygen atoms in total. The van der Waals surface area contributed by atoms with E-state index < -0.39 is 17.7 Å². The number of aromatic nitrogens is 2. The van der Waals surface area contributed by atoms with Crippen molar-refractivity contribution in [2.75, 3.05) is 26.2 Å². The first-order chi connectivity index (χ1) is 18.8. The van der Waals surface area contributed by atoms with Crippen molar-refractivity contribution in [3.8, 4) is 0 Å². The number of Topliss-reactive ketones (excluding diaryl/α,β-unsaturated/α-hetero) is 1. The van der Waals surface area contributed by atoms with Gasteiger partial charge in [0.1, 0.15) is 0 Å². The molecule has 0 radical (unpaired) electrons. The van der Waals surface area contributed by atoms with E-state index in [-0.39, 0.29) is 11.4 Å². The normalized spacial score (nSPS) is 16.1. The molecule has 3 heterocycles. The molecule has 1 N–H and O–H groups in total. The molecule has 5 rings (SSSR count). The third-order valence-electron chi connectivity index (χ3n) is 7.83. The number of aliphatic hydroxyl groups excluding tert-OH is 1. The summed E-state index contributed by atoms with van der Waals surface area (Å²) in [5, 5.41) is 11.2. The zero-order valence-corrected chi connectivity index (χ0v) is 24.1. The highest BCUT2D eigenvalue weighted by molar-refractivity contribution is 7.19. The van der Waals surface area contributed by atoms with Crippen LogP contribution in [0.2, 0.25) is 0 Å². The van der Waals surface area contributed by atoms with Crippen molar-refractivity contribution in [3.63, 3.8) is 0 Å². The van der Waals surface area contributed by atoms with Crippen LogP contribution in [0, 0.1) is 6.92 Å². The van der Waals surface area contributed by atoms with Gasteiger partial charge in [0.25, 0.3) is 5.91 Å². The largest absolute Gasteiger partial charge is 0.503 e. The van der Waals surface area contributed by atoms with Crippen LogP contribution in [0.4, 0.5) is 0 Å². The first-order valence-corrected chi connectivity index (χ1v) is 14.6. The lowest BCUT2D eigenvalue weighted by atomic mass is 9.93. The van der Waals surface area contributed by atoms with Gasteiger partial charge in [0.15, 0.2) is 10.7 Å². The summed E-state index contributed by atoms with van der Waals surface area (Å²) < 4.78 is 1.98. The molecule has 1 aliphatic rings. The Balaban J connectivity index is 1.55. The van der Waals surface area contributed by atoms with Gasteiger partial charge in [-0.25, -0.2) is 4.98 Å². The molecule has 8 heteroatoms. The quantitative estimate of drug-likeness (QED) is 0.237. The van der Waals surface area contributed by atoms with Gasteiger partial charge in [0.05, 0.1) is 27.5 Å². The van der Waals surface area contributed by atoms with Gasteiger partial charge in [-0.15, -0.1) is 0 Å². The minimum Gasteiger partial charge on any atom is -0.503 e. The zero-order chi connectivity index (χ0) is 27.8. The molecule has 2 aromatic heterocycles. The van der Waals surface area contributed by atoms with Crippen LogP contribution in [0.1, 0.15) is 72.6 Å². The molecule has 0 saturated heterocycles. The van der Waals surface area contributed by atoms with Gasteiger partial charge in [-0.2, -0.15) is 0 Å². The highest BCUT2D eigenvalue weighted by Crippen LogP contribution is 2.41. The smallest absolute Gasteiger partial charge is 0.290 e. The Hall–Kier alpha value is -3.49. The van der Waals surface area contributed by atoms with Crippen molar-refractivity contribution in [1.29, 1.82) is 0 Å². The van der Waals surface area contributed by atoms with E-state index in [2.05, 4.69) is 32.6 Å². The van der Waals surface area contributed by atoms with E-state index in [0.29, 0.717) is 17.3 Å². The maximum atomic E-state index is 14.2. The van der Waals surface area contributed by atoms with Crippen molar-refractivity contribution in [2.24, 2.45) is 0 Å². The topological polar surface area (TPSA) is 78.2 Å². The standard InChI is InChI=1S/C31H36N4O3S/c1-6-33(7-2)17-10-18-34-26(22-15-13-21(14-16-22)19(3)4)25(28(37)30(34)38)27(36)29-20(5)35-24-12-9-8-11-23(24)32-31(35)39-29/h8-9,11-16,19,26,37H,6-7,10,17-18H2,1-5H3. The Bertz CT molecular complexity index is 1560. The molecule has 4 aromatic rings. The van der Waals surface area contributed by atoms with Crippen LogP contribution in [-0.2, 0) is 4.79 Å². The van der Waals surface area contributed by atoms with E-state index in [1.54, 1.807) is 4.90 Å². The predicted octanol–water partition coefficient (Wildman–Crippen LogP) is 6.29. The lowest BCUT2D eigenvalue weighted by Gasteiger charge is -2.28. The van der Waals surface area contributed by atoms with Crippen molar-refractivity contribution < 1.29 is 14.7 Å². The molecule has 1 unspecified atom stereocenters. The van der Waals surface area contributed by atoms with Gasteiger partial charge >= 0.3 is 0 Å². The lowest BCUT2D eigenvalue weighted by molar-refractivity contribution is -0.129. The number of aryl methyl sites for hydroxylation is 1. The number of para-hydroxylation sites is 2. The number of nitrogens with zero attached hydrogens (tertiary/aromatic N) is 4. The van der Waals surface area contributed by atoms with Crippen LogP contribution < -0.4 is 0 Å². The highest BCUT2D eigenvalue weighted by Gasteiger charge is 2.44. The maximum Gasteiger partial charge on any atom is 0.290 e. The van der Waals surface area contributed by atoms with Gasteiger partial charge in [-0.05, 0) is 62.2 Å². The second-order valence-corrected chi connectivity index (χ2v) is 11.4. The van der Waals surface area contributed by atoms with E-state index in [1.807, 2.05) is 59.9 Å². The van der Waals surface area contributed by atoms with E-state index in [1.165, 1.54) is 16.9 Å². The second-order valence-electron chi connectivity index (χ2n) is 10.4. The van der Waals surface area contributed by atoms with Crippen LogP contribution in [0.5, 0.6) is 0 Å². The van der Waals surface area contributed by atoms with E-state index >= 15 is 0 Å². The fourth-order valence-electron chi connectivity index (χ4n) is 5.53. The average Bonchev–Trinajstić information content (AvgIpc) is 3.55. The van der Waals surface area contributed by atoms with Crippen LogP contribution in [0.3, 0.4) is 0 Å². The molecule has 1 atom stereocenters. The number of fused-ring (bicyclic) bond motifs is 3. The van der Waals surface area contributed by atoms with Crippen molar-refractivity contribution >= 4 is 39.0 Å². The molecule has 1 aliphatic heterocycles. The van der Waals surface area contributed by atoms with Gasteiger partial charge < -0.3 is 14.9 Å². The van der Waals surface area contributed by atoms with Gasteiger partial charge in [-0.1, -0.05) is 75.4 Å². The fourth-order valence-corrected chi connectivity index (χ4v) is 6.62. The zero-order valence-electron chi connectivity index (χ0n) is 23.3. The summed E-state index contributed by atoms with van der Waals surface area (Å²) in [6.07, 6.45) is 0.751. The van der Waals surface area contributed by atoms with Crippen LogP contribution >= 0.6 is 11.3 Å². The minimum atomic E-state index is -0.645. The monoisotopic (exact) mass is 544 g/mol. The van der Waals surface area contributed by atoms with Crippen LogP contribution in [0.25, 0.3) is 16.0 Å². The summed E-state index contributed by atoms with van der Waals surface area (Å²) in [7, 11) is 0. The van der Waals surface area contributed by atoms with E-state index in [0.717, 1.165) is 53.3 Å². The molecular formula is C31H36N4O3S. The number of ketones is 1. The molecule has 1 amide bonds.